The van der Waals surface area contributed by atoms with E-state index in [-0.39, 0.29) is 0 Å². The maximum atomic E-state index is 5.41. The van der Waals surface area contributed by atoms with Gasteiger partial charge in [0.05, 0.1) is 18.7 Å². The van der Waals surface area contributed by atoms with E-state index in [0.717, 1.165) is 21.9 Å². The van der Waals surface area contributed by atoms with E-state index in [9.17, 15) is 0 Å². The van der Waals surface area contributed by atoms with Crippen molar-refractivity contribution in [2.24, 2.45) is 5.92 Å². The molecule has 0 saturated heterocycles. The van der Waals surface area contributed by atoms with Crippen LogP contribution in [0, 0.1) is 5.92 Å². The Labute approximate surface area is 113 Å². The van der Waals surface area contributed by atoms with Crippen molar-refractivity contribution in [1.29, 1.82) is 0 Å². The molecule has 1 aromatic carbocycles. The van der Waals surface area contributed by atoms with Crippen LogP contribution in [-0.4, -0.2) is 14.2 Å². The van der Waals surface area contributed by atoms with Crippen LogP contribution in [-0.2, 0) is 0 Å². The van der Waals surface area contributed by atoms with Crippen LogP contribution in [0.2, 0.25) is 0 Å². The molecule has 0 aromatic heterocycles. The van der Waals surface area contributed by atoms with Crippen LogP contribution in [0.1, 0.15) is 23.2 Å². The van der Waals surface area contributed by atoms with Crippen LogP contribution in [0.4, 0.5) is 0 Å². The SMILES string of the molecule is COc1cc(C(Br)C2CC2)c(OC)cc1Br. The van der Waals surface area contributed by atoms with E-state index in [1.165, 1.54) is 18.4 Å². The Kier molecular flexibility index (Phi) is 3.80. The van der Waals surface area contributed by atoms with Gasteiger partial charge in [-0.1, -0.05) is 15.9 Å². The highest BCUT2D eigenvalue weighted by molar-refractivity contribution is 9.10. The maximum absolute atomic E-state index is 5.41. The Balaban J connectivity index is 2.39. The molecule has 1 aromatic rings. The lowest BCUT2D eigenvalue weighted by Crippen LogP contribution is -1.98. The molecule has 1 saturated carbocycles. The Bertz CT molecular complexity index is 389. The van der Waals surface area contributed by atoms with Crippen LogP contribution in [0.15, 0.2) is 16.6 Å². The van der Waals surface area contributed by atoms with Crippen molar-refractivity contribution in [1.82, 2.24) is 0 Å². The van der Waals surface area contributed by atoms with E-state index >= 15 is 0 Å². The van der Waals surface area contributed by atoms with Gasteiger partial charge in [-0.2, -0.15) is 0 Å². The molecule has 0 radical (unpaired) electrons. The number of rotatable bonds is 4. The minimum absolute atomic E-state index is 0.365. The number of hydrogen-bond acceptors (Lipinski definition) is 2. The number of benzene rings is 1. The monoisotopic (exact) mass is 348 g/mol. The van der Waals surface area contributed by atoms with Gasteiger partial charge in [0.2, 0.25) is 0 Å². The largest absolute Gasteiger partial charge is 0.496 e. The highest BCUT2D eigenvalue weighted by Gasteiger charge is 2.32. The van der Waals surface area contributed by atoms with Gasteiger partial charge in [-0.3, -0.25) is 0 Å². The van der Waals surface area contributed by atoms with Crippen LogP contribution in [0.25, 0.3) is 0 Å². The van der Waals surface area contributed by atoms with E-state index in [2.05, 4.69) is 31.9 Å². The average molecular weight is 350 g/mol. The van der Waals surface area contributed by atoms with E-state index in [1.54, 1.807) is 14.2 Å². The summed E-state index contributed by atoms with van der Waals surface area (Å²) in [6, 6.07) is 4.01. The number of hydrogen-bond donors (Lipinski definition) is 0. The normalized spacial score (nSPS) is 17.0. The smallest absolute Gasteiger partial charge is 0.133 e. The molecular formula is C12H14Br2O2. The molecule has 2 nitrogen and oxygen atoms in total. The lowest BCUT2D eigenvalue weighted by Gasteiger charge is -2.16. The molecule has 1 unspecified atom stereocenters. The summed E-state index contributed by atoms with van der Waals surface area (Å²) < 4.78 is 11.6. The predicted octanol–water partition coefficient (Wildman–Crippen LogP) is 4.31. The predicted molar refractivity (Wildman–Crippen MR) is 71.6 cm³/mol. The number of ether oxygens (including phenoxy) is 2. The third-order valence-corrected chi connectivity index (χ3v) is 4.70. The molecule has 88 valence electrons. The van der Waals surface area contributed by atoms with Gasteiger partial charge in [0, 0.05) is 10.4 Å². The van der Waals surface area contributed by atoms with Gasteiger partial charge in [-0.05, 0) is 46.8 Å². The molecule has 16 heavy (non-hydrogen) atoms. The first-order valence-electron chi connectivity index (χ1n) is 5.23. The second kappa shape index (κ2) is 4.96. The number of alkyl halides is 1. The highest BCUT2D eigenvalue weighted by Crippen LogP contribution is 2.50. The Morgan fingerprint density at radius 2 is 1.81 bits per heavy atom. The first kappa shape index (κ1) is 12.2. The van der Waals surface area contributed by atoms with E-state index < -0.39 is 0 Å². The van der Waals surface area contributed by atoms with Crippen molar-refractivity contribution >= 4 is 31.9 Å². The summed E-state index contributed by atoms with van der Waals surface area (Å²) in [6.07, 6.45) is 2.58. The molecule has 1 fully saturated rings. The van der Waals surface area contributed by atoms with Crippen molar-refractivity contribution in [3.8, 4) is 11.5 Å². The van der Waals surface area contributed by atoms with E-state index in [0.29, 0.717) is 4.83 Å². The highest BCUT2D eigenvalue weighted by atomic mass is 79.9. The molecule has 0 amide bonds. The summed E-state index contributed by atoms with van der Waals surface area (Å²) in [5.74, 6) is 2.49. The minimum atomic E-state index is 0.365. The third-order valence-electron chi connectivity index (χ3n) is 2.84. The quantitative estimate of drug-likeness (QED) is 0.754. The minimum Gasteiger partial charge on any atom is -0.496 e. The zero-order valence-electron chi connectivity index (χ0n) is 9.30. The molecule has 4 heteroatoms. The van der Waals surface area contributed by atoms with Crippen molar-refractivity contribution in [3.63, 3.8) is 0 Å². The average Bonchev–Trinajstić information content (AvgIpc) is 3.11. The van der Waals surface area contributed by atoms with Gasteiger partial charge in [-0.15, -0.1) is 0 Å². The van der Waals surface area contributed by atoms with Crippen LogP contribution in [0.3, 0.4) is 0 Å². The van der Waals surface area contributed by atoms with E-state index in [1.807, 2.05) is 12.1 Å². The second-order valence-electron chi connectivity index (χ2n) is 3.97. The van der Waals surface area contributed by atoms with Gasteiger partial charge in [-0.25, -0.2) is 0 Å². The zero-order valence-corrected chi connectivity index (χ0v) is 12.5. The molecule has 1 atom stereocenters. The topological polar surface area (TPSA) is 18.5 Å². The molecule has 0 aliphatic heterocycles. The molecule has 2 rings (SSSR count). The summed E-state index contributed by atoms with van der Waals surface area (Å²) in [4.78, 5) is 0.365. The summed E-state index contributed by atoms with van der Waals surface area (Å²) in [5, 5.41) is 0. The molecule has 1 aliphatic carbocycles. The third kappa shape index (κ3) is 2.38. The lowest BCUT2D eigenvalue weighted by atomic mass is 10.1. The fourth-order valence-electron chi connectivity index (χ4n) is 1.74. The van der Waals surface area contributed by atoms with Gasteiger partial charge >= 0.3 is 0 Å². The van der Waals surface area contributed by atoms with Crippen LogP contribution in [0.5, 0.6) is 11.5 Å². The molecule has 0 spiro atoms. The van der Waals surface area contributed by atoms with Crippen LogP contribution >= 0.6 is 31.9 Å². The fraction of sp³-hybridized carbons (Fsp3) is 0.500. The maximum Gasteiger partial charge on any atom is 0.133 e. The van der Waals surface area contributed by atoms with Gasteiger partial charge in [0.1, 0.15) is 11.5 Å². The van der Waals surface area contributed by atoms with Crippen molar-refractivity contribution in [3.05, 3.63) is 22.2 Å². The van der Waals surface area contributed by atoms with Gasteiger partial charge in [0.25, 0.3) is 0 Å². The van der Waals surface area contributed by atoms with Gasteiger partial charge in [0.15, 0.2) is 0 Å². The lowest BCUT2D eigenvalue weighted by molar-refractivity contribution is 0.395. The Morgan fingerprint density at radius 3 is 2.31 bits per heavy atom. The first-order chi connectivity index (χ1) is 7.67. The molecular weight excluding hydrogens is 336 g/mol. The standard InChI is InChI=1S/C12H14Br2O2/c1-15-10-6-9(13)11(16-2)5-8(10)12(14)7-3-4-7/h5-7,12H,3-4H2,1-2H3. The van der Waals surface area contributed by atoms with Crippen molar-refractivity contribution in [2.45, 2.75) is 17.7 Å². The van der Waals surface area contributed by atoms with Crippen LogP contribution < -0.4 is 9.47 Å². The number of methoxy groups -OCH3 is 2. The van der Waals surface area contributed by atoms with Crippen molar-refractivity contribution in [2.75, 3.05) is 14.2 Å². The van der Waals surface area contributed by atoms with Crippen molar-refractivity contribution < 1.29 is 9.47 Å². The summed E-state index contributed by atoms with van der Waals surface area (Å²) in [6.45, 7) is 0. The Hall–Kier alpha value is -0.220. The summed E-state index contributed by atoms with van der Waals surface area (Å²) in [5.41, 5.74) is 1.17. The summed E-state index contributed by atoms with van der Waals surface area (Å²) >= 11 is 7.21. The molecule has 1 aliphatic rings. The van der Waals surface area contributed by atoms with Gasteiger partial charge < -0.3 is 9.47 Å². The molecule has 0 heterocycles. The zero-order chi connectivity index (χ0) is 11.7. The molecule has 0 N–H and O–H groups in total. The van der Waals surface area contributed by atoms with E-state index in [4.69, 9.17) is 9.47 Å². The molecule has 0 bridgehead atoms. The fourth-order valence-corrected chi connectivity index (χ4v) is 3.11. The summed E-state index contributed by atoms with van der Waals surface area (Å²) in [7, 11) is 3.38. The first-order valence-corrected chi connectivity index (χ1v) is 6.93. The second-order valence-corrected chi connectivity index (χ2v) is 5.81. The Morgan fingerprint density at radius 1 is 1.19 bits per heavy atom. The number of halogens is 2.